The molecule has 1 aromatic heterocycles. The van der Waals surface area contributed by atoms with Crippen molar-refractivity contribution in [3.8, 4) is 11.1 Å². The Morgan fingerprint density at radius 3 is 2.53 bits per heavy atom. The number of ether oxygens (including phenoxy) is 1. The van der Waals surface area contributed by atoms with Crippen LogP contribution in [0.15, 0.2) is 60.7 Å². The number of para-hydroxylation sites is 1. The van der Waals surface area contributed by atoms with E-state index >= 15 is 0 Å². The molecule has 5 rings (SSSR count). The number of hydrogen-bond donors (Lipinski definition) is 2. The summed E-state index contributed by atoms with van der Waals surface area (Å²) in [5.41, 5.74) is 9.69. The third-order valence-electron chi connectivity index (χ3n) is 5.47. The normalized spacial score (nSPS) is 14.0. The van der Waals surface area contributed by atoms with Crippen molar-refractivity contribution in [2.45, 2.75) is 0 Å². The number of rotatable bonds is 4. The van der Waals surface area contributed by atoms with Crippen molar-refractivity contribution in [3.63, 3.8) is 0 Å². The summed E-state index contributed by atoms with van der Waals surface area (Å²) in [5.74, 6) is 0.267. The van der Waals surface area contributed by atoms with Crippen molar-refractivity contribution in [1.82, 2.24) is 9.97 Å². The minimum atomic E-state index is -0.382. The maximum absolute atomic E-state index is 14.6. The highest BCUT2D eigenvalue weighted by Crippen LogP contribution is 2.33. The first-order chi connectivity index (χ1) is 15.6. The van der Waals surface area contributed by atoms with E-state index in [1.807, 2.05) is 30.3 Å². The van der Waals surface area contributed by atoms with E-state index in [2.05, 4.69) is 20.2 Å². The third kappa shape index (κ3) is 4.04. The van der Waals surface area contributed by atoms with E-state index in [9.17, 15) is 4.39 Å². The van der Waals surface area contributed by atoms with Crippen LogP contribution in [-0.4, -0.2) is 36.3 Å². The lowest BCUT2D eigenvalue weighted by atomic mass is 10.0. The van der Waals surface area contributed by atoms with Crippen LogP contribution in [0.4, 0.5) is 27.5 Å². The molecular formula is C24H21ClFN5O. The Kier molecular flexibility index (Phi) is 5.51. The molecule has 0 spiro atoms. The number of morpholine rings is 1. The molecule has 1 aliphatic rings. The number of benzene rings is 3. The molecule has 8 heteroatoms. The number of nitrogens with two attached hydrogens (primary N) is 1. The van der Waals surface area contributed by atoms with E-state index in [1.54, 1.807) is 18.2 Å². The fraction of sp³-hybridized carbons (Fsp3) is 0.167. The van der Waals surface area contributed by atoms with Crippen LogP contribution < -0.4 is 16.0 Å². The number of halogens is 2. The Labute approximate surface area is 189 Å². The first-order valence-corrected chi connectivity index (χ1v) is 10.7. The molecule has 2 heterocycles. The van der Waals surface area contributed by atoms with E-state index in [0.717, 1.165) is 37.7 Å². The van der Waals surface area contributed by atoms with Crippen LogP contribution in [0, 0.1) is 5.82 Å². The van der Waals surface area contributed by atoms with Gasteiger partial charge in [-0.05, 0) is 48.5 Å². The Morgan fingerprint density at radius 1 is 0.969 bits per heavy atom. The lowest BCUT2D eigenvalue weighted by Gasteiger charge is -2.28. The van der Waals surface area contributed by atoms with Crippen LogP contribution >= 0.6 is 11.6 Å². The summed E-state index contributed by atoms with van der Waals surface area (Å²) in [6, 6.07) is 17.9. The minimum absolute atomic E-state index is 0.312. The molecule has 0 amide bonds. The summed E-state index contributed by atoms with van der Waals surface area (Å²) in [7, 11) is 0. The predicted octanol–water partition coefficient (Wildman–Crippen LogP) is 5.25. The molecule has 0 unspecified atom stereocenters. The summed E-state index contributed by atoms with van der Waals surface area (Å²) in [5, 5.41) is 4.30. The Bertz CT molecular complexity index is 1280. The number of nitrogens with one attached hydrogen (secondary N) is 1. The van der Waals surface area contributed by atoms with Gasteiger partial charge < -0.3 is 20.7 Å². The van der Waals surface area contributed by atoms with E-state index in [0.29, 0.717) is 38.8 Å². The van der Waals surface area contributed by atoms with Gasteiger partial charge in [0.2, 0.25) is 5.95 Å². The molecule has 0 radical (unpaired) electrons. The van der Waals surface area contributed by atoms with Crippen molar-refractivity contribution in [3.05, 3.63) is 71.5 Å². The van der Waals surface area contributed by atoms with Gasteiger partial charge in [-0.3, -0.25) is 0 Å². The van der Waals surface area contributed by atoms with Crippen molar-refractivity contribution < 1.29 is 9.13 Å². The van der Waals surface area contributed by atoms with E-state index in [1.165, 1.54) is 12.1 Å². The molecule has 0 bridgehead atoms. The average molecular weight is 450 g/mol. The molecule has 4 aromatic rings. The second kappa shape index (κ2) is 8.61. The molecule has 1 fully saturated rings. The fourth-order valence-corrected chi connectivity index (χ4v) is 4.03. The van der Waals surface area contributed by atoms with E-state index in [4.69, 9.17) is 22.1 Å². The molecule has 1 aliphatic heterocycles. The number of aromatic nitrogens is 2. The predicted molar refractivity (Wildman–Crippen MR) is 127 cm³/mol. The van der Waals surface area contributed by atoms with Crippen LogP contribution in [0.2, 0.25) is 5.02 Å². The maximum Gasteiger partial charge on any atom is 0.229 e. The first-order valence-electron chi connectivity index (χ1n) is 10.3. The Hall–Kier alpha value is -3.42. The molecule has 1 saturated heterocycles. The second-order valence-corrected chi connectivity index (χ2v) is 7.97. The third-order valence-corrected chi connectivity index (χ3v) is 5.71. The summed E-state index contributed by atoms with van der Waals surface area (Å²) < 4.78 is 20.0. The van der Waals surface area contributed by atoms with E-state index < -0.39 is 0 Å². The largest absolute Gasteiger partial charge is 0.383 e. The zero-order chi connectivity index (χ0) is 22.1. The monoisotopic (exact) mass is 449 g/mol. The lowest BCUT2D eigenvalue weighted by molar-refractivity contribution is 0.122. The Balaban J connectivity index is 1.49. The van der Waals surface area contributed by atoms with Gasteiger partial charge >= 0.3 is 0 Å². The SMILES string of the molecule is Nc1nc(Nc2ccc(N3CCOCC3)cc2)nc2c(-c3cc(Cl)ccc3F)cccc12. The molecule has 3 N–H and O–H groups in total. The lowest BCUT2D eigenvalue weighted by Crippen LogP contribution is -2.36. The number of anilines is 4. The van der Waals surface area contributed by atoms with Gasteiger partial charge in [0.25, 0.3) is 0 Å². The second-order valence-electron chi connectivity index (χ2n) is 7.53. The standard InChI is InChI=1S/C24H21ClFN5O/c25-15-4-9-21(26)20(14-15)18-2-1-3-19-22(18)29-24(30-23(19)27)28-16-5-7-17(8-6-16)31-10-12-32-13-11-31/h1-9,14H,10-13H2,(H3,27,28,29,30). The number of nitrogen functional groups attached to an aromatic ring is 1. The summed E-state index contributed by atoms with van der Waals surface area (Å²) in [6.07, 6.45) is 0. The summed E-state index contributed by atoms with van der Waals surface area (Å²) >= 11 is 6.11. The summed E-state index contributed by atoms with van der Waals surface area (Å²) in [6.45, 7) is 3.22. The van der Waals surface area contributed by atoms with Crippen LogP contribution in [0.25, 0.3) is 22.0 Å². The summed E-state index contributed by atoms with van der Waals surface area (Å²) in [4.78, 5) is 11.3. The molecule has 0 atom stereocenters. The highest BCUT2D eigenvalue weighted by Gasteiger charge is 2.15. The quantitative estimate of drug-likeness (QED) is 0.443. The molecule has 3 aromatic carbocycles. The molecule has 0 aliphatic carbocycles. The molecule has 6 nitrogen and oxygen atoms in total. The maximum atomic E-state index is 14.6. The molecule has 162 valence electrons. The number of hydrogen-bond acceptors (Lipinski definition) is 6. The van der Waals surface area contributed by atoms with Gasteiger partial charge in [0.05, 0.1) is 18.7 Å². The number of fused-ring (bicyclic) bond motifs is 1. The molecule has 0 saturated carbocycles. The van der Waals surface area contributed by atoms with Crippen LogP contribution in [0.1, 0.15) is 0 Å². The van der Waals surface area contributed by atoms with Gasteiger partial charge in [0.15, 0.2) is 0 Å². The van der Waals surface area contributed by atoms with Crippen LogP contribution in [0.5, 0.6) is 0 Å². The van der Waals surface area contributed by atoms with Gasteiger partial charge in [-0.25, -0.2) is 9.37 Å². The van der Waals surface area contributed by atoms with Gasteiger partial charge in [-0.2, -0.15) is 4.98 Å². The molecule has 32 heavy (non-hydrogen) atoms. The highest BCUT2D eigenvalue weighted by atomic mass is 35.5. The van der Waals surface area contributed by atoms with Crippen LogP contribution in [-0.2, 0) is 4.74 Å². The molecular weight excluding hydrogens is 429 g/mol. The van der Waals surface area contributed by atoms with Crippen molar-refractivity contribution in [1.29, 1.82) is 0 Å². The fourth-order valence-electron chi connectivity index (χ4n) is 3.86. The topological polar surface area (TPSA) is 76.3 Å². The van der Waals surface area contributed by atoms with Crippen molar-refractivity contribution in [2.24, 2.45) is 0 Å². The highest BCUT2D eigenvalue weighted by molar-refractivity contribution is 6.31. The zero-order valence-electron chi connectivity index (χ0n) is 17.2. The van der Waals surface area contributed by atoms with Gasteiger partial charge in [0, 0.05) is 46.0 Å². The van der Waals surface area contributed by atoms with Crippen molar-refractivity contribution in [2.75, 3.05) is 42.3 Å². The number of nitrogens with zero attached hydrogens (tertiary/aromatic N) is 3. The zero-order valence-corrected chi connectivity index (χ0v) is 17.9. The minimum Gasteiger partial charge on any atom is -0.383 e. The Morgan fingerprint density at radius 2 is 1.75 bits per heavy atom. The van der Waals surface area contributed by atoms with Crippen molar-refractivity contribution >= 4 is 45.6 Å². The van der Waals surface area contributed by atoms with Gasteiger partial charge in [-0.1, -0.05) is 23.7 Å². The van der Waals surface area contributed by atoms with E-state index in [-0.39, 0.29) is 5.82 Å². The smallest absolute Gasteiger partial charge is 0.229 e. The van der Waals surface area contributed by atoms with Gasteiger partial charge in [-0.15, -0.1) is 0 Å². The average Bonchev–Trinajstić information content (AvgIpc) is 2.81. The first kappa shape index (κ1) is 20.5. The van der Waals surface area contributed by atoms with Gasteiger partial charge in [0.1, 0.15) is 11.6 Å². The van der Waals surface area contributed by atoms with Crippen LogP contribution in [0.3, 0.4) is 0 Å².